The number of imide groups is 2. The molecule has 5 N–H and O–H groups in total. The zero-order valence-electron chi connectivity index (χ0n) is 43.5. The normalized spacial score (nSPS) is 19.1. The predicted molar refractivity (Wildman–Crippen MR) is 278 cm³/mol. The van der Waals surface area contributed by atoms with Crippen LogP contribution in [-0.4, -0.2) is 200 Å². The number of rotatable bonds is 32. The van der Waals surface area contributed by atoms with Gasteiger partial charge in [-0.3, -0.25) is 34.2 Å². The van der Waals surface area contributed by atoms with Gasteiger partial charge in [-0.1, -0.05) is 29.3 Å². The van der Waals surface area contributed by atoms with Gasteiger partial charge in [-0.15, -0.1) is 0 Å². The molecule has 0 saturated carbocycles. The van der Waals surface area contributed by atoms with Crippen molar-refractivity contribution < 1.29 is 76.4 Å². The molecule has 5 heterocycles. The second-order valence-electron chi connectivity index (χ2n) is 18.6. The average Bonchev–Trinajstić information content (AvgIpc) is 3.85. The molecule has 1 spiro atoms. The van der Waals surface area contributed by atoms with Crippen LogP contribution in [0, 0.1) is 12.3 Å². The number of halogens is 2. The number of nitrogens with one attached hydrogen (secondary N) is 2. The number of ether oxygens (including phenoxy) is 10. The Morgan fingerprint density at radius 3 is 1.95 bits per heavy atom. The number of benzene rings is 2. The summed E-state index contributed by atoms with van der Waals surface area (Å²) in [5, 5.41) is 15.6. The molecular weight excluding hydrogens is 1050 g/mol. The number of aliphatic hydroxyl groups is 1. The van der Waals surface area contributed by atoms with Crippen molar-refractivity contribution in [1.29, 1.82) is 0 Å². The molecule has 23 nitrogen and oxygen atoms in total. The number of carbonyl (C=O) groups excluding carboxylic acids is 5. The van der Waals surface area contributed by atoms with Crippen molar-refractivity contribution in [3.63, 3.8) is 0 Å². The van der Waals surface area contributed by atoms with E-state index in [0.29, 0.717) is 127 Å². The van der Waals surface area contributed by atoms with E-state index in [1.54, 1.807) is 12.1 Å². The van der Waals surface area contributed by atoms with Crippen LogP contribution in [0.2, 0.25) is 10.0 Å². The van der Waals surface area contributed by atoms with Crippen LogP contribution in [0.5, 0.6) is 11.5 Å². The molecule has 0 aliphatic carbocycles. The smallest absolute Gasteiger partial charge is 0.266 e. The molecule has 25 heteroatoms. The maximum atomic E-state index is 13.2. The summed E-state index contributed by atoms with van der Waals surface area (Å²) >= 11 is 13.4. The highest BCUT2D eigenvalue weighted by Gasteiger charge is 2.48. The average molecular weight is 1120 g/mol. The first-order valence-electron chi connectivity index (χ1n) is 25.8. The number of aromatic nitrogens is 2. The number of aliphatic hydroxyl groups excluding tert-OH is 1. The predicted octanol–water partition coefficient (Wildman–Crippen LogP) is 2.68. The van der Waals surface area contributed by atoms with Gasteiger partial charge in [0.25, 0.3) is 17.7 Å². The third-order valence-electron chi connectivity index (χ3n) is 13.6. The number of hydrogen-bond acceptors (Lipinski definition) is 20. The molecular formula is C52H69Cl2N7O16. The minimum absolute atomic E-state index is 0.00257. The zero-order valence-corrected chi connectivity index (χ0v) is 45.0. The maximum absolute atomic E-state index is 13.2. The Bertz CT molecular complexity index is 2500. The number of carbonyl (C=O) groups is 5. The molecule has 4 aliphatic rings. The van der Waals surface area contributed by atoms with E-state index in [-0.39, 0.29) is 83.7 Å². The monoisotopic (exact) mass is 1120 g/mol. The van der Waals surface area contributed by atoms with Crippen molar-refractivity contribution in [3.8, 4) is 22.8 Å². The molecule has 3 saturated heterocycles. The first-order valence-corrected chi connectivity index (χ1v) is 26.6. The highest BCUT2D eigenvalue weighted by Crippen LogP contribution is 2.44. The molecule has 4 aliphatic heterocycles. The number of piperidine rings is 2. The van der Waals surface area contributed by atoms with Crippen LogP contribution in [-0.2, 0) is 58.9 Å². The van der Waals surface area contributed by atoms with Crippen molar-refractivity contribution in [2.75, 3.05) is 137 Å². The van der Waals surface area contributed by atoms with Crippen molar-refractivity contribution in [2.45, 2.75) is 64.3 Å². The molecule has 422 valence electrons. The summed E-state index contributed by atoms with van der Waals surface area (Å²) in [5.41, 5.74) is 8.74. The Balaban J connectivity index is 0.628. The summed E-state index contributed by atoms with van der Waals surface area (Å²) in [6.07, 6.45) is 1.82. The van der Waals surface area contributed by atoms with Crippen LogP contribution >= 0.6 is 23.2 Å². The number of nitrogens with zero attached hydrogens (tertiary/aromatic N) is 4. The molecule has 7 rings (SSSR count). The topological polar surface area (TPSA) is 280 Å². The SMILES string of the molecule is Cc1nc(N2CCC3(CC2)COC(C)C3N)c(CO)nc1-c1ccc(OCCOCCOCCOCCOCCOCCOCCOCCNC(=O)COc2cccc3c2C(=O)N(C2CCC(=O)NC2=O)C3=O)c(Cl)c1Cl. The quantitative estimate of drug-likeness (QED) is 0.0517. The third-order valence-corrected chi connectivity index (χ3v) is 14.4. The first kappa shape index (κ1) is 59.5. The fourth-order valence-corrected chi connectivity index (χ4v) is 9.78. The van der Waals surface area contributed by atoms with E-state index in [4.69, 9.17) is 86.3 Å². The minimum Gasteiger partial charge on any atom is -0.490 e. The summed E-state index contributed by atoms with van der Waals surface area (Å²) in [6, 6.07) is 6.82. The van der Waals surface area contributed by atoms with E-state index in [0.717, 1.165) is 30.8 Å². The van der Waals surface area contributed by atoms with Crippen LogP contribution < -0.4 is 30.7 Å². The molecule has 3 atom stereocenters. The Morgan fingerprint density at radius 2 is 1.38 bits per heavy atom. The van der Waals surface area contributed by atoms with E-state index in [1.165, 1.54) is 18.2 Å². The number of anilines is 1. The van der Waals surface area contributed by atoms with Crippen LogP contribution in [0.4, 0.5) is 5.82 Å². The fourth-order valence-electron chi connectivity index (χ4n) is 9.31. The van der Waals surface area contributed by atoms with E-state index in [2.05, 4.69) is 15.5 Å². The molecule has 0 radical (unpaired) electrons. The summed E-state index contributed by atoms with van der Waals surface area (Å²) in [5.74, 6) is -1.94. The molecule has 1 aromatic heterocycles. The summed E-state index contributed by atoms with van der Waals surface area (Å²) < 4.78 is 56.1. The number of fused-ring (bicyclic) bond motifs is 1. The van der Waals surface area contributed by atoms with Crippen molar-refractivity contribution in [2.24, 2.45) is 11.1 Å². The Hall–Kier alpha value is -5.15. The van der Waals surface area contributed by atoms with Gasteiger partial charge >= 0.3 is 0 Å². The van der Waals surface area contributed by atoms with Gasteiger partial charge in [-0.2, -0.15) is 0 Å². The van der Waals surface area contributed by atoms with Crippen LogP contribution in [0.1, 0.15) is 64.7 Å². The van der Waals surface area contributed by atoms with Gasteiger partial charge in [0.1, 0.15) is 34.9 Å². The summed E-state index contributed by atoms with van der Waals surface area (Å²) in [7, 11) is 0. The maximum Gasteiger partial charge on any atom is 0.266 e. The lowest BCUT2D eigenvalue weighted by molar-refractivity contribution is -0.136. The highest BCUT2D eigenvalue weighted by atomic mass is 35.5. The van der Waals surface area contributed by atoms with E-state index >= 15 is 0 Å². The Kier molecular flexibility index (Phi) is 23.0. The van der Waals surface area contributed by atoms with Gasteiger partial charge in [0.2, 0.25) is 11.8 Å². The second kappa shape index (κ2) is 29.7. The summed E-state index contributed by atoms with van der Waals surface area (Å²) in [4.78, 5) is 75.1. The third kappa shape index (κ3) is 15.8. The van der Waals surface area contributed by atoms with E-state index in [1.807, 2.05) is 13.8 Å². The standard InChI is InChI=1S/C52H69Cl2N7O16/c1-33-46(58-37(30-62)48(57-33)60-13-10-52(11-14-60)32-77-34(2)47(52)55)36-6-8-40(45(54)44(36)53)75-29-28-74-27-26-73-25-24-72-23-22-71-21-20-70-19-18-69-17-16-68-15-12-56-42(64)31-76-39-5-3-4-35-43(39)51(67)61(50(35)66)38-7-9-41(63)59-49(38)65/h3-6,8,34,38,47,62H,7,9-32,55H2,1-2H3,(H,56,64)(H,59,63,65). The molecule has 77 heavy (non-hydrogen) atoms. The Morgan fingerprint density at radius 1 is 0.779 bits per heavy atom. The lowest BCUT2D eigenvalue weighted by Crippen LogP contribution is -2.54. The lowest BCUT2D eigenvalue weighted by Gasteiger charge is -2.42. The molecule has 3 fully saturated rings. The molecule has 0 bridgehead atoms. The molecule has 2 aromatic carbocycles. The number of nitrogens with two attached hydrogens (primary N) is 1. The van der Waals surface area contributed by atoms with Crippen molar-refractivity contribution in [1.82, 2.24) is 25.5 Å². The second-order valence-corrected chi connectivity index (χ2v) is 19.4. The molecule has 3 aromatic rings. The van der Waals surface area contributed by atoms with Crippen LogP contribution in [0.15, 0.2) is 30.3 Å². The van der Waals surface area contributed by atoms with Crippen LogP contribution in [0.25, 0.3) is 11.3 Å². The molecule has 3 unspecified atom stereocenters. The highest BCUT2D eigenvalue weighted by molar-refractivity contribution is 6.44. The number of amides is 5. The first-order chi connectivity index (χ1) is 37.3. The van der Waals surface area contributed by atoms with Crippen molar-refractivity contribution in [3.05, 3.63) is 62.9 Å². The van der Waals surface area contributed by atoms with E-state index < -0.39 is 42.2 Å². The van der Waals surface area contributed by atoms with E-state index in [9.17, 15) is 29.1 Å². The zero-order chi connectivity index (χ0) is 54.7. The van der Waals surface area contributed by atoms with Gasteiger partial charge < -0.3 is 68.4 Å². The minimum atomic E-state index is -1.11. The van der Waals surface area contributed by atoms with Crippen molar-refractivity contribution >= 4 is 58.6 Å². The summed E-state index contributed by atoms with van der Waals surface area (Å²) in [6.45, 7) is 10.9. The fraction of sp³-hybridized carbons (Fsp3) is 0.596. The lowest BCUT2D eigenvalue weighted by atomic mass is 9.73. The van der Waals surface area contributed by atoms with Gasteiger partial charge in [-0.25, -0.2) is 9.97 Å². The van der Waals surface area contributed by atoms with Gasteiger partial charge in [-0.05, 0) is 57.4 Å². The molecule has 5 amide bonds. The van der Waals surface area contributed by atoms with Gasteiger partial charge in [0.05, 0.1) is 139 Å². The number of hydrogen-bond donors (Lipinski definition) is 4. The number of aryl methyl sites for hydroxylation is 1. The Labute approximate surface area is 456 Å². The van der Waals surface area contributed by atoms with Gasteiger partial charge in [0.15, 0.2) is 12.4 Å². The van der Waals surface area contributed by atoms with Crippen LogP contribution in [0.3, 0.4) is 0 Å². The van der Waals surface area contributed by atoms with Gasteiger partial charge in [0, 0.05) is 43.1 Å². The largest absolute Gasteiger partial charge is 0.490 e.